The molecular formula is C12H25N5O2S. The van der Waals surface area contributed by atoms with Crippen molar-refractivity contribution in [1.29, 1.82) is 0 Å². The maximum Gasteiger partial charge on any atom is 0.279 e. The van der Waals surface area contributed by atoms with Gasteiger partial charge in [0.05, 0.1) is 6.20 Å². The van der Waals surface area contributed by atoms with Crippen LogP contribution in [0, 0.1) is 0 Å². The minimum absolute atomic E-state index is 0.310. The maximum absolute atomic E-state index is 12.1. The molecule has 0 saturated carbocycles. The second-order valence-electron chi connectivity index (χ2n) is 5.16. The lowest BCUT2D eigenvalue weighted by Gasteiger charge is -2.20. The predicted molar refractivity (Wildman–Crippen MR) is 79.4 cm³/mol. The highest BCUT2D eigenvalue weighted by molar-refractivity contribution is 7.87. The molecule has 0 bridgehead atoms. The molecule has 0 aliphatic rings. The van der Waals surface area contributed by atoms with E-state index in [1.165, 1.54) is 4.31 Å². The number of aromatic amines is 1. The predicted octanol–water partition coefficient (Wildman–Crippen LogP) is 0.625. The molecule has 0 radical (unpaired) electrons. The fourth-order valence-electron chi connectivity index (χ4n) is 1.69. The van der Waals surface area contributed by atoms with E-state index in [-0.39, 0.29) is 6.04 Å². The van der Waals surface area contributed by atoms with E-state index in [2.05, 4.69) is 34.1 Å². The van der Waals surface area contributed by atoms with Gasteiger partial charge >= 0.3 is 0 Å². The van der Waals surface area contributed by atoms with E-state index >= 15 is 0 Å². The van der Waals surface area contributed by atoms with Crippen LogP contribution in [0.1, 0.15) is 38.8 Å². The summed E-state index contributed by atoms with van der Waals surface area (Å²) in [5, 5.41) is 9.75. The molecule has 7 nitrogen and oxygen atoms in total. The Morgan fingerprint density at radius 1 is 1.40 bits per heavy atom. The highest BCUT2D eigenvalue weighted by atomic mass is 32.2. The highest BCUT2D eigenvalue weighted by Crippen LogP contribution is 2.11. The minimum atomic E-state index is -3.47. The summed E-state index contributed by atoms with van der Waals surface area (Å²) in [5.74, 6) is 0. The summed E-state index contributed by atoms with van der Waals surface area (Å²) in [5.41, 5.74) is 0.809. The number of nitrogens with zero attached hydrogens (tertiary/aromatic N) is 2. The van der Waals surface area contributed by atoms with Crippen LogP contribution < -0.4 is 10.0 Å². The van der Waals surface area contributed by atoms with Crippen molar-refractivity contribution in [3.8, 4) is 0 Å². The number of hydrogen-bond donors (Lipinski definition) is 3. The van der Waals surface area contributed by atoms with Crippen LogP contribution in [-0.2, 0) is 10.2 Å². The monoisotopic (exact) mass is 303 g/mol. The summed E-state index contributed by atoms with van der Waals surface area (Å²) in [4.78, 5) is 0. The Balaban J connectivity index is 2.43. The lowest BCUT2D eigenvalue weighted by Crippen LogP contribution is -2.40. The first kappa shape index (κ1) is 17.1. The standard InChI is InChI=1S/C12H25N5O2S/c1-10(2)13-6-5-7-17(4)20(18,19)16-11(3)12-8-14-15-9-12/h8-11,13,16H,5-7H2,1-4H3,(H,14,15). The third-order valence-electron chi connectivity index (χ3n) is 2.96. The zero-order valence-electron chi connectivity index (χ0n) is 12.5. The first-order chi connectivity index (χ1) is 9.33. The smallest absolute Gasteiger partial charge is 0.279 e. The molecule has 1 heterocycles. The normalized spacial score (nSPS) is 14.1. The quantitative estimate of drug-likeness (QED) is 0.584. The van der Waals surface area contributed by atoms with Crippen LogP contribution in [0.5, 0.6) is 0 Å². The number of rotatable bonds is 9. The van der Waals surface area contributed by atoms with Gasteiger partial charge in [0, 0.05) is 37.4 Å². The van der Waals surface area contributed by atoms with Crippen molar-refractivity contribution in [2.45, 2.75) is 39.3 Å². The number of hydrogen-bond acceptors (Lipinski definition) is 4. The first-order valence-electron chi connectivity index (χ1n) is 6.78. The average Bonchev–Trinajstić information content (AvgIpc) is 2.87. The second-order valence-corrected chi connectivity index (χ2v) is 6.97. The maximum atomic E-state index is 12.1. The Bertz CT molecular complexity index is 472. The van der Waals surface area contributed by atoms with Crippen molar-refractivity contribution in [1.82, 2.24) is 24.5 Å². The van der Waals surface area contributed by atoms with Gasteiger partial charge in [-0.1, -0.05) is 13.8 Å². The molecule has 8 heteroatoms. The average molecular weight is 303 g/mol. The van der Waals surface area contributed by atoms with Crippen molar-refractivity contribution in [2.75, 3.05) is 20.1 Å². The summed E-state index contributed by atoms with van der Waals surface area (Å²) < 4.78 is 28.2. The topological polar surface area (TPSA) is 90.1 Å². The molecule has 1 rings (SSSR count). The Hall–Kier alpha value is -0.960. The molecule has 0 aliphatic carbocycles. The van der Waals surface area contributed by atoms with Crippen LogP contribution in [0.4, 0.5) is 0 Å². The van der Waals surface area contributed by atoms with Gasteiger partial charge in [0.25, 0.3) is 10.2 Å². The molecule has 1 unspecified atom stereocenters. The first-order valence-corrected chi connectivity index (χ1v) is 8.22. The van der Waals surface area contributed by atoms with Gasteiger partial charge < -0.3 is 5.32 Å². The van der Waals surface area contributed by atoms with Crippen molar-refractivity contribution >= 4 is 10.2 Å². The molecule has 3 N–H and O–H groups in total. The summed E-state index contributed by atoms with van der Waals surface area (Å²) in [6.45, 7) is 7.20. The molecule has 0 fully saturated rings. The molecule has 0 saturated heterocycles. The third-order valence-corrected chi connectivity index (χ3v) is 4.61. The largest absolute Gasteiger partial charge is 0.314 e. The van der Waals surface area contributed by atoms with E-state index < -0.39 is 10.2 Å². The SMILES string of the molecule is CC(C)NCCCN(C)S(=O)(=O)NC(C)c1cn[nH]c1. The van der Waals surface area contributed by atoms with Gasteiger partial charge in [-0.05, 0) is 19.9 Å². The minimum Gasteiger partial charge on any atom is -0.314 e. The molecule has 1 aromatic heterocycles. The number of H-pyrrole nitrogens is 1. The van der Waals surface area contributed by atoms with Crippen LogP contribution in [-0.4, -0.2) is 49.1 Å². The Morgan fingerprint density at radius 2 is 2.10 bits per heavy atom. The molecule has 0 aliphatic heterocycles. The molecular weight excluding hydrogens is 278 g/mol. The summed E-state index contributed by atoms with van der Waals surface area (Å²) in [6.07, 6.45) is 4.06. The van der Waals surface area contributed by atoms with Gasteiger partial charge in [0.15, 0.2) is 0 Å². The summed E-state index contributed by atoms with van der Waals surface area (Å²) in [6, 6.07) is 0.103. The zero-order valence-corrected chi connectivity index (χ0v) is 13.4. The molecule has 20 heavy (non-hydrogen) atoms. The highest BCUT2D eigenvalue weighted by Gasteiger charge is 2.20. The van der Waals surface area contributed by atoms with E-state index in [4.69, 9.17) is 0 Å². The van der Waals surface area contributed by atoms with Crippen molar-refractivity contribution in [3.05, 3.63) is 18.0 Å². The van der Waals surface area contributed by atoms with E-state index in [1.54, 1.807) is 26.4 Å². The van der Waals surface area contributed by atoms with Gasteiger partial charge in [-0.3, -0.25) is 5.10 Å². The van der Waals surface area contributed by atoms with Gasteiger partial charge in [0.1, 0.15) is 0 Å². The van der Waals surface area contributed by atoms with Crippen molar-refractivity contribution in [3.63, 3.8) is 0 Å². The Labute approximate surface area is 121 Å². The molecule has 0 spiro atoms. The molecule has 0 amide bonds. The zero-order chi connectivity index (χ0) is 15.2. The lowest BCUT2D eigenvalue weighted by atomic mass is 10.2. The Kier molecular flexibility index (Phi) is 6.60. The van der Waals surface area contributed by atoms with E-state index in [0.717, 1.165) is 18.5 Å². The molecule has 0 aromatic carbocycles. The van der Waals surface area contributed by atoms with Crippen LogP contribution in [0.2, 0.25) is 0 Å². The molecule has 1 aromatic rings. The Morgan fingerprint density at radius 3 is 2.65 bits per heavy atom. The van der Waals surface area contributed by atoms with Gasteiger partial charge in [-0.2, -0.15) is 22.5 Å². The lowest BCUT2D eigenvalue weighted by molar-refractivity contribution is 0.434. The van der Waals surface area contributed by atoms with Crippen LogP contribution >= 0.6 is 0 Å². The second kappa shape index (κ2) is 7.72. The number of aromatic nitrogens is 2. The van der Waals surface area contributed by atoms with E-state index in [9.17, 15) is 8.42 Å². The van der Waals surface area contributed by atoms with Gasteiger partial charge in [0.2, 0.25) is 0 Å². The third kappa shape index (κ3) is 5.58. The van der Waals surface area contributed by atoms with Gasteiger partial charge in [-0.25, -0.2) is 0 Å². The van der Waals surface area contributed by atoms with E-state index in [0.29, 0.717) is 12.6 Å². The van der Waals surface area contributed by atoms with Crippen molar-refractivity contribution in [2.24, 2.45) is 0 Å². The van der Waals surface area contributed by atoms with Crippen LogP contribution in [0.3, 0.4) is 0 Å². The number of nitrogens with one attached hydrogen (secondary N) is 3. The molecule has 116 valence electrons. The molecule has 1 atom stereocenters. The van der Waals surface area contributed by atoms with Gasteiger partial charge in [-0.15, -0.1) is 0 Å². The fraction of sp³-hybridized carbons (Fsp3) is 0.750. The van der Waals surface area contributed by atoms with Crippen molar-refractivity contribution < 1.29 is 8.42 Å². The summed E-state index contributed by atoms with van der Waals surface area (Å²) >= 11 is 0. The fourth-order valence-corrected chi connectivity index (χ4v) is 2.82. The summed E-state index contributed by atoms with van der Waals surface area (Å²) in [7, 11) is -1.89. The van der Waals surface area contributed by atoms with Crippen LogP contribution in [0.25, 0.3) is 0 Å². The van der Waals surface area contributed by atoms with E-state index in [1.807, 2.05) is 0 Å². The van der Waals surface area contributed by atoms with Crippen LogP contribution in [0.15, 0.2) is 12.4 Å².